The summed E-state index contributed by atoms with van der Waals surface area (Å²) in [5, 5.41) is 2.45. The molecule has 4 nitrogen and oxygen atoms in total. The van der Waals surface area contributed by atoms with Crippen LogP contribution in [0.4, 0.5) is 0 Å². The number of piperidine rings is 1. The van der Waals surface area contributed by atoms with Gasteiger partial charge in [0.2, 0.25) is 11.8 Å². The smallest absolute Gasteiger partial charge is 0.234 e. The van der Waals surface area contributed by atoms with E-state index in [1.165, 1.54) is 43.2 Å². The van der Waals surface area contributed by atoms with Crippen LogP contribution in [0.5, 0.6) is 0 Å². The Balaban J connectivity index is 1.19. The quantitative estimate of drug-likeness (QED) is 0.555. The zero-order valence-electron chi connectivity index (χ0n) is 17.5. The molecule has 2 aliphatic carbocycles. The number of aryl methyl sites for hydroxylation is 1. The maximum Gasteiger partial charge on any atom is 0.234 e. The summed E-state index contributed by atoms with van der Waals surface area (Å²) in [6.07, 6.45) is 13.8. The first-order valence-electron chi connectivity index (χ1n) is 11.3. The number of rotatable bonds is 6. The first-order chi connectivity index (χ1) is 14.1. The largest absolute Gasteiger partial charge is 0.374 e. The molecule has 156 valence electrons. The Bertz CT molecular complexity index is 759. The van der Waals surface area contributed by atoms with Crippen molar-refractivity contribution < 1.29 is 14.3 Å². The number of nitrogens with one attached hydrogen (secondary N) is 1. The minimum atomic E-state index is -0.184. The maximum absolute atomic E-state index is 12.0. The predicted octanol–water partition coefficient (Wildman–Crippen LogP) is 4.82. The summed E-state index contributed by atoms with van der Waals surface area (Å²) < 4.78 is 6.31. The lowest BCUT2D eigenvalue weighted by Crippen LogP contribution is -2.39. The van der Waals surface area contributed by atoms with Crippen LogP contribution in [0.3, 0.4) is 0 Å². The fourth-order valence-corrected chi connectivity index (χ4v) is 5.09. The molecule has 1 aromatic carbocycles. The normalized spacial score (nSPS) is 30.2. The highest BCUT2D eigenvalue weighted by Crippen LogP contribution is 2.33. The van der Waals surface area contributed by atoms with Crippen LogP contribution in [0, 0.1) is 5.92 Å². The molecule has 3 aliphatic rings. The maximum atomic E-state index is 12.0. The molecule has 0 bridgehead atoms. The average Bonchev–Trinajstić information content (AvgIpc) is 3.13. The number of imide groups is 1. The molecule has 2 amide bonds. The van der Waals surface area contributed by atoms with Crippen LogP contribution in [-0.4, -0.2) is 24.0 Å². The van der Waals surface area contributed by atoms with Crippen molar-refractivity contribution >= 4 is 11.8 Å². The molecule has 4 rings (SSSR count). The lowest BCUT2D eigenvalue weighted by atomic mass is 9.83. The summed E-state index contributed by atoms with van der Waals surface area (Å²) in [6.45, 7) is 2.21. The Morgan fingerprint density at radius 2 is 1.76 bits per heavy atom. The molecule has 2 fully saturated rings. The minimum Gasteiger partial charge on any atom is -0.374 e. The van der Waals surface area contributed by atoms with Gasteiger partial charge in [-0.25, -0.2) is 0 Å². The summed E-state index contributed by atoms with van der Waals surface area (Å²) in [7, 11) is 0. The van der Waals surface area contributed by atoms with Crippen LogP contribution in [0.2, 0.25) is 0 Å². The van der Waals surface area contributed by atoms with Crippen molar-refractivity contribution in [1.29, 1.82) is 0 Å². The second-order valence-corrected chi connectivity index (χ2v) is 9.18. The number of ether oxygens (including phenoxy) is 1. The summed E-state index contributed by atoms with van der Waals surface area (Å²) in [4.78, 5) is 23.3. The zero-order valence-corrected chi connectivity index (χ0v) is 17.5. The third kappa shape index (κ3) is 5.36. The van der Waals surface area contributed by atoms with Gasteiger partial charge in [0.15, 0.2) is 0 Å². The number of hydrogen-bond donors (Lipinski definition) is 1. The predicted molar refractivity (Wildman–Crippen MR) is 113 cm³/mol. The molecule has 1 saturated heterocycles. The standard InChI is InChI=1S/C25H33NO3/c1-17-2-11-22(16-17)29-21-12-7-19(8-13-21)4-3-18-5-9-20(10-6-18)23-14-15-24(27)26-25(23)28/h2,5-6,9-10,19,21-23H,3-4,7-8,11-16H2,1H3,(H,26,27,28). The van der Waals surface area contributed by atoms with Gasteiger partial charge in [-0.3, -0.25) is 14.9 Å². The number of hydrogen-bond acceptors (Lipinski definition) is 3. The van der Waals surface area contributed by atoms with E-state index in [1.54, 1.807) is 0 Å². The van der Waals surface area contributed by atoms with Crippen molar-refractivity contribution in [3.05, 3.63) is 47.0 Å². The molecule has 0 radical (unpaired) electrons. The molecular formula is C25H33NO3. The van der Waals surface area contributed by atoms with E-state index < -0.39 is 0 Å². The topological polar surface area (TPSA) is 55.4 Å². The molecule has 1 heterocycles. The van der Waals surface area contributed by atoms with Gasteiger partial charge in [0.25, 0.3) is 0 Å². The van der Waals surface area contributed by atoms with E-state index in [0.717, 1.165) is 30.7 Å². The van der Waals surface area contributed by atoms with Crippen molar-refractivity contribution in [2.45, 2.75) is 89.3 Å². The van der Waals surface area contributed by atoms with Crippen LogP contribution in [-0.2, 0) is 20.7 Å². The molecule has 1 aromatic rings. The van der Waals surface area contributed by atoms with Gasteiger partial charge in [0.1, 0.15) is 0 Å². The van der Waals surface area contributed by atoms with Crippen LogP contribution >= 0.6 is 0 Å². The van der Waals surface area contributed by atoms with Gasteiger partial charge in [-0.15, -0.1) is 0 Å². The monoisotopic (exact) mass is 395 g/mol. The van der Waals surface area contributed by atoms with Crippen molar-refractivity contribution in [2.24, 2.45) is 5.92 Å². The zero-order chi connectivity index (χ0) is 20.2. The third-order valence-electron chi connectivity index (χ3n) is 6.92. The molecule has 1 saturated carbocycles. The molecule has 1 N–H and O–H groups in total. The summed E-state index contributed by atoms with van der Waals surface area (Å²) >= 11 is 0. The Labute approximate surface area is 174 Å². The fraction of sp³-hybridized carbons (Fsp3) is 0.600. The van der Waals surface area contributed by atoms with Gasteiger partial charge in [0, 0.05) is 6.42 Å². The molecule has 0 spiro atoms. The molecule has 2 unspecified atom stereocenters. The van der Waals surface area contributed by atoms with E-state index in [1.807, 2.05) is 0 Å². The molecule has 29 heavy (non-hydrogen) atoms. The Kier molecular flexibility index (Phi) is 6.49. The van der Waals surface area contributed by atoms with Crippen LogP contribution in [0.15, 0.2) is 35.9 Å². The van der Waals surface area contributed by atoms with E-state index in [2.05, 4.69) is 42.6 Å². The van der Waals surface area contributed by atoms with Crippen molar-refractivity contribution in [2.75, 3.05) is 0 Å². The lowest BCUT2D eigenvalue weighted by molar-refractivity contribution is -0.134. The Morgan fingerprint density at radius 3 is 2.41 bits per heavy atom. The van der Waals surface area contributed by atoms with Gasteiger partial charge in [0.05, 0.1) is 18.1 Å². The van der Waals surface area contributed by atoms with Crippen LogP contribution in [0.1, 0.15) is 81.8 Å². The van der Waals surface area contributed by atoms with Crippen molar-refractivity contribution in [3.63, 3.8) is 0 Å². The highest BCUT2D eigenvalue weighted by Gasteiger charge is 2.28. The molecular weight excluding hydrogens is 362 g/mol. The summed E-state index contributed by atoms with van der Waals surface area (Å²) in [5.41, 5.74) is 3.84. The van der Waals surface area contributed by atoms with E-state index in [-0.39, 0.29) is 17.7 Å². The van der Waals surface area contributed by atoms with E-state index in [4.69, 9.17) is 4.74 Å². The lowest BCUT2D eigenvalue weighted by Gasteiger charge is -2.30. The SMILES string of the molecule is CC1=CCC(OC2CCC(CCc3ccc(C4CCC(=O)NC4=O)cc3)CC2)C1. The van der Waals surface area contributed by atoms with E-state index in [9.17, 15) is 9.59 Å². The fourth-order valence-electron chi connectivity index (χ4n) is 5.09. The summed E-state index contributed by atoms with van der Waals surface area (Å²) in [5.74, 6) is 0.304. The molecule has 0 aromatic heterocycles. The van der Waals surface area contributed by atoms with Crippen LogP contribution in [0.25, 0.3) is 0 Å². The van der Waals surface area contributed by atoms with Crippen LogP contribution < -0.4 is 5.32 Å². The van der Waals surface area contributed by atoms with Gasteiger partial charge in [-0.05, 0) is 81.8 Å². The summed E-state index contributed by atoms with van der Waals surface area (Å²) in [6, 6.07) is 8.45. The van der Waals surface area contributed by atoms with Gasteiger partial charge >= 0.3 is 0 Å². The third-order valence-corrected chi connectivity index (χ3v) is 6.92. The number of carbonyl (C=O) groups excluding carboxylic acids is 2. The second kappa shape index (κ2) is 9.25. The average molecular weight is 396 g/mol. The van der Waals surface area contributed by atoms with Crippen molar-refractivity contribution in [1.82, 2.24) is 5.32 Å². The number of amides is 2. The second-order valence-electron chi connectivity index (χ2n) is 9.18. The van der Waals surface area contributed by atoms with Gasteiger partial charge in [-0.1, -0.05) is 35.9 Å². The highest BCUT2D eigenvalue weighted by molar-refractivity contribution is 6.00. The number of benzene rings is 1. The van der Waals surface area contributed by atoms with Gasteiger partial charge < -0.3 is 4.74 Å². The molecule has 2 atom stereocenters. The van der Waals surface area contributed by atoms with E-state index in [0.29, 0.717) is 25.0 Å². The van der Waals surface area contributed by atoms with Gasteiger partial charge in [-0.2, -0.15) is 0 Å². The highest BCUT2D eigenvalue weighted by atomic mass is 16.5. The van der Waals surface area contributed by atoms with E-state index >= 15 is 0 Å². The van der Waals surface area contributed by atoms with Crippen molar-refractivity contribution in [3.8, 4) is 0 Å². The number of carbonyl (C=O) groups is 2. The minimum absolute atomic E-state index is 0.155. The first kappa shape index (κ1) is 20.3. The Morgan fingerprint density at radius 1 is 1.00 bits per heavy atom. The molecule has 4 heteroatoms. The molecule has 1 aliphatic heterocycles. The first-order valence-corrected chi connectivity index (χ1v) is 11.3. The Hall–Kier alpha value is -1.94.